The maximum absolute atomic E-state index is 12.2. The zero-order valence-corrected chi connectivity index (χ0v) is 14.5. The predicted octanol–water partition coefficient (Wildman–Crippen LogP) is 3.04. The van der Waals surface area contributed by atoms with Crippen LogP contribution in [0.3, 0.4) is 0 Å². The lowest BCUT2D eigenvalue weighted by Crippen LogP contribution is -2.47. The van der Waals surface area contributed by atoms with E-state index in [2.05, 4.69) is 5.32 Å². The van der Waals surface area contributed by atoms with Gasteiger partial charge in [-0.05, 0) is 37.1 Å². The van der Waals surface area contributed by atoms with Crippen molar-refractivity contribution in [3.8, 4) is 0 Å². The summed E-state index contributed by atoms with van der Waals surface area (Å²) in [6, 6.07) is 16.2. The number of hydrogen-bond acceptors (Lipinski definition) is 3. The number of benzene rings is 2. The van der Waals surface area contributed by atoms with Gasteiger partial charge in [0.2, 0.25) is 5.91 Å². The molecule has 0 radical (unpaired) electrons. The van der Waals surface area contributed by atoms with Crippen LogP contribution in [0.15, 0.2) is 54.6 Å². The summed E-state index contributed by atoms with van der Waals surface area (Å²) in [5, 5.41) is 11.8. The van der Waals surface area contributed by atoms with Crippen molar-refractivity contribution in [2.24, 2.45) is 0 Å². The highest BCUT2D eigenvalue weighted by Crippen LogP contribution is 2.09. The zero-order valence-electron chi connectivity index (χ0n) is 14.5. The monoisotopic (exact) mass is 341 g/mol. The molecule has 2 N–H and O–H groups in total. The number of carboxylic acids is 1. The third kappa shape index (κ3) is 6.39. The van der Waals surface area contributed by atoms with Crippen LogP contribution in [0.1, 0.15) is 35.3 Å². The van der Waals surface area contributed by atoms with Crippen molar-refractivity contribution >= 4 is 11.9 Å². The minimum absolute atomic E-state index is 0.128. The molecule has 25 heavy (non-hydrogen) atoms. The highest BCUT2D eigenvalue weighted by molar-refractivity contribution is 5.87. The molecular weight excluding hydrogens is 318 g/mol. The highest BCUT2D eigenvalue weighted by atomic mass is 16.5. The van der Waals surface area contributed by atoms with Crippen molar-refractivity contribution in [2.45, 2.75) is 32.4 Å². The fourth-order valence-corrected chi connectivity index (χ4v) is 2.41. The van der Waals surface area contributed by atoms with E-state index in [0.29, 0.717) is 13.2 Å². The molecule has 2 aromatic rings. The van der Waals surface area contributed by atoms with Crippen molar-refractivity contribution in [3.63, 3.8) is 0 Å². The van der Waals surface area contributed by atoms with E-state index in [1.807, 2.05) is 44.2 Å². The molecule has 0 aliphatic heterocycles. The van der Waals surface area contributed by atoms with Crippen LogP contribution in [0.2, 0.25) is 0 Å². The summed E-state index contributed by atoms with van der Waals surface area (Å²) in [5.74, 6) is -1.11. The zero-order chi connectivity index (χ0) is 18.3. The number of carbonyl (C=O) groups excluding carboxylic acids is 1. The first kappa shape index (κ1) is 18.7. The maximum atomic E-state index is 12.2. The van der Waals surface area contributed by atoms with Crippen LogP contribution < -0.4 is 5.32 Å². The van der Waals surface area contributed by atoms with Crippen LogP contribution in [0.25, 0.3) is 0 Å². The van der Waals surface area contributed by atoms with E-state index in [9.17, 15) is 9.59 Å². The van der Waals surface area contributed by atoms with E-state index in [1.54, 1.807) is 12.1 Å². The van der Waals surface area contributed by atoms with Gasteiger partial charge in [0, 0.05) is 0 Å². The second kappa shape index (κ2) is 8.44. The number of rotatable bonds is 8. The quantitative estimate of drug-likeness (QED) is 0.774. The van der Waals surface area contributed by atoms with Gasteiger partial charge in [-0.15, -0.1) is 0 Å². The van der Waals surface area contributed by atoms with E-state index in [0.717, 1.165) is 11.1 Å². The van der Waals surface area contributed by atoms with Crippen molar-refractivity contribution in [3.05, 3.63) is 71.3 Å². The first-order chi connectivity index (χ1) is 11.9. The largest absolute Gasteiger partial charge is 0.478 e. The van der Waals surface area contributed by atoms with Crippen LogP contribution in [-0.2, 0) is 22.6 Å². The van der Waals surface area contributed by atoms with Gasteiger partial charge in [0.15, 0.2) is 0 Å². The molecule has 0 aromatic heterocycles. The number of hydrogen-bond donors (Lipinski definition) is 2. The van der Waals surface area contributed by atoms with E-state index >= 15 is 0 Å². The fourth-order valence-electron chi connectivity index (χ4n) is 2.41. The first-order valence-corrected chi connectivity index (χ1v) is 8.11. The van der Waals surface area contributed by atoms with E-state index in [1.165, 1.54) is 12.1 Å². The summed E-state index contributed by atoms with van der Waals surface area (Å²) < 4.78 is 5.70. The molecule has 1 amide bonds. The Bertz CT molecular complexity index is 708. The lowest BCUT2D eigenvalue weighted by Gasteiger charge is -2.26. The Balaban J connectivity index is 1.80. The summed E-state index contributed by atoms with van der Waals surface area (Å²) in [5.41, 5.74) is 1.57. The number of carboxylic acid groups (broad SMARTS) is 1. The molecule has 0 aliphatic carbocycles. The van der Waals surface area contributed by atoms with Crippen LogP contribution in [0.4, 0.5) is 0 Å². The van der Waals surface area contributed by atoms with Gasteiger partial charge in [-0.2, -0.15) is 0 Å². The van der Waals surface area contributed by atoms with Gasteiger partial charge in [0.05, 0.1) is 30.7 Å². The fraction of sp³-hybridized carbons (Fsp3) is 0.300. The summed E-state index contributed by atoms with van der Waals surface area (Å²) in [6.45, 7) is 4.70. The molecule has 2 aromatic carbocycles. The van der Waals surface area contributed by atoms with Crippen LogP contribution >= 0.6 is 0 Å². The molecule has 0 spiro atoms. The molecule has 2 rings (SSSR count). The molecule has 0 aliphatic rings. The Kier molecular flexibility index (Phi) is 6.31. The average Bonchev–Trinajstić information content (AvgIpc) is 2.55. The normalized spacial score (nSPS) is 11.1. The van der Waals surface area contributed by atoms with Crippen LogP contribution in [-0.4, -0.2) is 29.1 Å². The number of amides is 1. The van der Waals surface area contributed by atoms with E-state index < -0.39 is 11.5 Å². The molecule has 5 heteroatoms. The third-order valence-corrected chi connectivity index (χ3v) is 3.62. The Morgan fingerprint density at radius 2 is 1.64 bits per heavy atom. The van der Waals surface area contributed by atoms with E-state index in [-0.39, 0.29) is 17.9 Å². The highest BCUT2D eigenvalue weighted by Gasteiger charge is 2.21. The summed E-state index contributed by atoms with van der Waals surface area (Å²) in [6.07, 6.45) is 0.196. The molecule has 0 bridgehead atoms. The first-order valence-electron chi connectivity index (χ1n) is 8.11. The van der Waals surface area contributed by atoms with Crippen molar-refractivity contribution in [2.75, 3.05) is 6.61 Å². The standard InChI is InChI=1S/C20H23NO4/c1-20(2,14-25-13-16-6-4-3-5-7-16)21-18(22)12-15-8-10-17(11-9-15)19(23)24/h3-11H,12-14H2,1-2H3,(H,21,22)(H,23,24). The predicted molar refractivity (Wildman–Crippen MR) is 95.4 cm³/mol. The van der Waals surface area contributed by atoms with Gasteiger partial charge >= 0.3 is 5.97 Å². The average molecular weight is 341 g/mol. The van der Waals surface area contributed by atoms with Crippen molar-refractivity contribution in [1.29, 1.82) is 0 Å². The van der Waals surface area contributed by atoms with Gasteiger partial charge in [0.25, 0.3) is 0 Å². The van der Waals surface area contributed by atoms with Gasteiger partial charge in [0.1, 0.15) is 0 Å². The van der Waals surface area contributed by atoms with E-state index in [4.69, 9.17) is 9.84 Å². The minimum Gasteiger partial charge on any atom is -0.478 e. The summed E-state index contributed by atoms with van der Waals surface area (Å²) in [7, 11) is 0. The Morgan fingerprint density at radius 1 is 1.00 bits per heavy atom. The van der Waals surface area contributed by atoms with Crippen molar-refractivity contribution < 1.29 is 19.4 Å². The molecule has 0 fully saturated rings. The number of ether oxygens (including phenoxy) is 1. The van der Waals surface area contributed by atoms with Crippen molar-refractivity contribution in [1.82, 2.24) is 5.32 Å². The summed E-state index contributed by atoms with van der Waals surface area (Å²) >= 11 is 0. The van der Waals surface area contributed by atoms with Crippen LogP contribution in [0.5, 0.6) is 0 Å². The van der Waals surface area contributed by atoms with Crippen LogP contribution in [0, 0.1) is 0 Å². The minimum atomic E-state index is -0.979. The van der Waals surface area contributed by atoms with Gasteiger partial charge in [-0.3, -0.25) is 4.79 Å². The smallest absolute Gasteiger partial charge is 0.335 e. The third-order valence-electron chi connectivity index (χ3n) is 3.62. The second-order valence-corrected chi connectivity index (χ2v) is 6.59. The molecule has 0 heterocycles. The lowest BCUT2D eigenvalue weighted by atomic mass is 10.0. The molecule has 5 nitrogen and oxygen atoms in total. The molecule has 0 unspecified atom stereocenters. The second-order valence-electron chi connectivity index (χ2n) is 6.59. The molecule has 132 valence electrons. The lowest BCUT2D eigenvalue weighted by molar-refractivity contribution is -0.122. The van der Waals surface area contributed by atoms with Gasteiger partial charge in [-0.25, -0.2) is 4.79 Å². The Morgan fingerprint density at radius 3 is 2.24 bits per heavy atom. The van der Waals surface area contributed by atoms with Gasteiger partial charge < -0.3 is 15.2 Å². The molecule has 0 saturated carbocycles. The molecule has 0 atom stereocenters. The molecule has 0 saturated heterocycles. The number of aromatic carboxylic acids is 1. The Labute approximate surface area is 147 Å². The SMILES string of the molecule is CC(C)(COCc1ccccc1)NC(=O)Cc1ccc(C(=O)O)cc1. The number of nitrogens with one attached hydrogen (secondary N) is 1. The molecular formula is C20H23NO4. The number of carbonyl (C=O) groups is 2. The maximum Gasteiger partial charge on any atom is 0.335 e. The van der Waals surface area contributed by atoms with Gasteiger partial charge in [-0.1, -0.05) is 42.5 Å². The topological polar surface area (TPSA) is 75.6 Å². The summed E-state index contributed by atoms with van der Waals surface area (Å²) in [4.78, 5) is 23.0. The Hall–Kier alpha value is -2.66.